The number of nitro groups is 1. The predicted octanol–water partition coefficient (Wildman–Crippen LogP) is 4.04. The van der Waals surface area contributed by atoms with Gasteiger partial charge in [-0.25, -0.2) is 0 Å². The molecular formula is C16H27N3O2. The zero-order valence-electron chi connectivity index (χ0n) is 13.6. The quantitative estimate of drug-likeness (QED) is 0.551. The third-order valence-corrected chi connectivity index (χ3v) is 3.48. The molecule has 1 N–H and O–H groups in total. The van der Waals surface area contributed by atoms with Crippen molar-refractivity contribution in [3.63, 3.8) is 0 Å². The van der Waals surface area contributed by atoms with Crippen LogP contribution in [0.5, 0.6) is 0 Å². The largest absolute Gasteiger partial charge is 0.385 e. The maximum absolute atomic E-state index is 11.0. The van der Waals surface area contributed by atoms with Crippen LogP contribution >= 0.6 is 0 Å². The molecule has 0 amide bonds. The van der Waals surface area contributed by atoms with Crippen LogP contribution in [0, 0.1) is 10.1 Å². The minimum atomic E-state index is -0.327. The summed E-state index contributed by atoms with van der Waals surface area (Å²) < 4.78 is 0. The highest BCUT2D eigenvalue weighted by molar-refractivity contribution is 5.56. The van der Waals surface area contributed by atoms with E-state index in [-0.39, 0.29) is 10.6 Å². The van der Waals surface area contributed by atoms with Gasteiger partial charge in [0, 0.05) is 37.0 Å². The monoisotopic (exact) mass is 293 g/mol. The molecule has 0 heterocycles. The number of rotatable bonds is 9. The number of nitrogens with zero attached hydrogens (tertiary/aromatic N) is 2. The van der Waals surface area contributed by atoms with E-state index in [1.165, 1.54) is 0 Å². The molecule has 5 nitrogen and oxygen atoms in total. The average molecular weight is 293 g/mol. The fourth-order valence-electron chi connectivity index (χ4n) is 2.28. The third-order valence-electron chi connectivity index (χ3n) is 3.48. The van der Waals surface area contributed by atoms with Gasteiger partial charge in [-0.3, -0.25) is 15.0 Å². The Morgan fingerprint density at radius 2 is 2.00 bits per heavy atom. The number of hydrogen-bond donors (Lipinski definition) is 1. The minimum absolute atomic E-state index is 0.159. The smallest absolute Gasteiger partial charge is 0.269 e. The van der Waals surface area contributed by atoms with Crippen LogP contribution in [0.1, 0.15) is 46.1 Å². The summed E-state index contributed by atoms with van der Waals surface area (Å²) in [5.41, 5.74) is 2.16. The molecule has 0 atom stereocenters. The summed E-state index contributed by atoms with van der Waals surface area (Å²) in [5, 5.41) is 14.4. The van der Waals surface area contributed by atoms with Gasteiger partial charge in [0.15, 0.2) is 0 Å². The van der Waals surface area contributed by atoms with Gasteiger partial charge in [0.2, 0.25) is 0 Å². The molecule has 1 rings (SSSR count). The molecule has 1 aromatic carbocycles. The lowest BCUT2D eigenvalue weighted by molar-refractivity contribution is -0.384. The normalized spacial score (nSPS) is 11.1. The molecule has 0 aliphatic rings. The summed E-state index contributed by atoms with van der Waals surface area (Å²) in [6, 6.07) is 5.51. The predicted molar refractivity (Wildman–Crippen MR) is 87.7 cm³/mol. The van der Waals surface area contributed by atoms with E-state index >= 15 is 0 Å². The van der Waals surface area contributed by atoms with Gasteiger partial charge < -0.3 is 5.32 Å². The van der Waals surface area contributed by atoms with Gasteiger partial charge in [0.1, 0.15) is 0 Å². The van der Waals surface area contributed by atoms with Crippen LogP contribution in [-0.4, -0.2) is 29.0 Å². The molecule has 0 aromatic heterocycles. The van der Waals surface area contributed by atoms with Crippen LogP contribution < -0.4 is 5.32 Å². The van der Waals surface area contributed by atoms with Gasteiger partial charge >= 0.3 is 0 Å². The Morgan fingerprint density at radius 1 is 1.29 bits per heavy atom. The Balaban J connectivity index is 3.03. The fourth-order valence-corrected chi connectivity index (χ4v) is 2.28. The van der Waals surface area contributed by atoms with Crippen LogP contribution in [0.3, 0.4) is 0 Å². The standard InChI is InChI=1S/C16H27N3O2/c1-5-9-17-16-8-7-15(19(20)21)11-14(16)12-18(10-6-2)13(3)4/h7-8,11,13,17H,5-6,9-10,12H2,1-4H3. The van der Waals surface area contributed by atoms with Gasteiger partial charge in [0.25, 0.3) is 5.69 Å². The summed E-state index contributed by atoms with van der Waals surface area (Å²) in [7, 11) is 0. The topological polar surface area (TPSA) is 58.4 Å². The maximum Gasteiger partial charge on any atom is 0.269 e. The first-order valence-electron chi connectivity index (χ1n) is 7.74. The van der Waals surface area contributed by atoms with Crippen molar-refractivity contribution in [3.05, 3.63) is 33.9 Å². The first-order chi connectivity index (χ1) is 9.99. The summed E-state index contributed by atoms with van der Waals surface area (Å²) in [4.78, 5) is 13.0. The molecule has 0 bridgehead atoms. The molecule has 0 saturated carbocycles. The highest BCUT2D eigenvalue weighted by Crippen LogP contribution is 2.24. The lowest BCUT2D eigenvalue weighted by Gasteiger charge is -2.27. The fraction of sp³-hybridized carbons (Fsp3) is 0.625. The molecule has 21 heavy (non-hydrogen) atoms. The maximum atomic E-state index is 11.0. The van der Waals surface area contributed by atoms with Crippen molar-refractivity contribution in [1.82, 2.24) is 4.90 Å². The summed E-state index contributed by atoms with van der Waals surface area (Å²) in [5.74, 6) is 0. The van der Waals surface area contributed by atoms with Crippen molar-refractivity contribution in [1.29, 1.82) is 0 Å². The number of benzene rings is 1. The van der Waals surface area contributed by atoms with Crippen LogP contribution in [-0.2, 0) is 6.54 Å². The Kier molecular flexibility index (Phi) is 7.15. The van der Waals surface area contributed by atoms with Gasteiger partial charge in [-0.1, -0.05) is 13.8 Å². The van der Waals surface area contributed by atoms with Crippen molar-refractivity contribution >= 4 is 11.4 Å². The Bertz CT molecular complexity index is 461. The minimum Gasteiger partial charge on any atom is -0.385 e. The molecule has 0 aliphatic carbocycles. The number of non-ortho nitro benzene ring substituents is 1. The molecule has 0 fully saturated rings. The van der Waals surface area contributed by atoms with Gasteiger partial charge in [-0.15, -0.1) is 0 Å². The molecule has 118 valence electrons. The first-order valence-corrected chi connectivity index (χ1v) is 7.74. The van der Waals surface area contributed by atoms with Crippen LogP contribution in [0.4, 0.5) is 11.4 Å². The second-order valence-electron chi connectivity index (χ2n) is 5.59. The molecule has 0 spiro atoms. The lowest BCUT2D eigenvalue weighted by atomic mass is 10.1. The van der Waals surface area contributed by atoms with E-state index in [0.29, 0.717) is 6.04 Å². The van der Waals surface area contributed by atoms with Gasteiger partial charge in [-0.2, -0.15) is 0 Å². The Labute approximate surface area is 127 Å². The van der Waals surface area contributed by atoms with E-state index in [1.54, 1.807) is 12.1 Å². The molecule has 5 heteroatoms. The zero-order chi connectivity index (χ0) is 15.8. The SMILES string of the molecule is CCCNc1ccc([N+](=O)[O-])cc1CN(CCC)C(C)C. The number of nitro benzene ring substituents is 1. The van der Waals surface area contributed by atoms with Crippen LogP contribution in [0.25, 0.3) is 0 Å². The Hall–Kier alpha value is -1.62. The Morgan fingerprint density at radius 3 is 2.52 bits per heavy atom. The molecule has 0 radical (unpaired) electrons. The molecular weight excluding hydrogens is 266 g/mol. The van der Waals surface area contributed by atoms with Gasteiger partial charge in [0.05, 0.1) is 4.92 Å². The van der Waals surface area contributed by atoms with Crippen molar-refractivity contribution in [2.75, 3.05) is 18.4 Å². The van der Waals surface area contributed by atoms with Crippen LogP contribution in [0.15, 0.2) is 18.2 Å². The first kappa shape index (κ1) is 17.4. The van der Waals surface area contributed by atoms with E-state index in [2.05, 4.69) is 37.9 Å². The highest BCUT2D eigenvalue weighted by atomic mass is 16.6. The number of nitrogens with one attached hydrogen (secondary N) is 1. The van der Waals surface area contributed by atoms with E-state index in [1.807, 2.05) is 6.07 Å². The molecule has 1 aromatic rings. The second kappa shape index (κ2) is 8.62. The average Bonchev–Trinajstić information content (AvgIpc) is 2.45. The molecule has 0 aliphatic heterocycles. The summed E-state index contributed by atoms with van der Waals surface area (Å²) >= 11 is 0. The number of hydrogen-bond acceptors (Lipinski definition) is 4. The van der Waals surface area contributed by atoms with Crippen LogP contribution in [0.2, 0.25) is 0 Å². The van der Waals surface area contributed by atoms with Gasteiger partial charge in [-0.05, 0) is 44.9 Å². The summed E-state index contributed by atoms with van der Waals surface area (Å²) in [6.07, 6.45) is 2.10. The highest BCUT2D eigenvalue weighted by Gasteiger charge is 2.15. The second-order valence-corrected chi connectivity index (χ2v) is 5.59. The molecule has 0 unspecified atom stereocenters. The summed E-state index contributed by atoms with van der Waals surface area (Å²) in [6.45, 7) is 11.2. The van der Waals surface area contributed by atoms with Crippen molar-refractivity contribution in [2.45, 2.75) is 53.1 Å². The third kappa shape index (κ3) is 5.34. The van der Waals surface area contributed by atoms with E-state index in [0.717, 1.165) is 43.7 Å². The number of anilines is 1. The van der Waals surface area contributed by atoms with E-state index in [4.69, 9.17) is 0 Å². The zero-order valence-corrected chi connectivity index (χ0v) is 13.6. The van der Waals surface area contributed by atoms with E-state index < -0.39 is 0 Å². The molecule has 0 saturated heterocycles. The van der Waals surface area contributed by atoms with Crippen molar-refractivity contribution in [2.24, 2.45) is 0 Å². The lowest BCUT2D eigenvalue weighted by Crippen LogP contribution is -2.31. The van der Waals surface area contributed by atoms with Crippen molar-refractivity contribution in [3.8, 4) is 0 Å². The van der Waals surface area contributed by atoms with Crippen molar-refractivity contribution < 1.29 is 4.92 Å². The van der Waals surface area contributed by atoms with E-state index in [9.17, 15) is 10.1 Å².